The van der Waals surface area contributed by atoms with Gasteiger partial charge in [-0.1, -0.05) is 6.07 Å². The molecule has 0 saturated carbocycles. The van der Waals surface area contributed by atoms with Crippen LogP contribution in [-0.2, 0) is 6.18 Å². The summed E-state index contributed by atoms with van der Waals surface area (Å²) < 4.78 is 36.4. The van der Waals surface area contributed by atoms with Crippen molar-refractivity contribution in [1.82, 2.24) is 4.98 Å². The molecule has 0 aliphatic rings. The smallest absolute Gasteiger partial charge is 0.384 e. The van der Waals surface area contributed by atoms with E-state index in [9.17, 15) is 18.3 Å². The van der Waals surface area contributed by atoms with E-state index in [4.69, 9.17) is 10.4 Å². The Kier molecular flexibility index (Phi) is 3.47. The highest BCUT2D eigenvalue weighted by molar-refractivity contribution is 5.20. The summed E-state index contributed by atoms with van der Waals surface area (Å²) in [6.07, 6.45) is -7.05. The van der Waals surface area contributed by atoms with Gasteiger partial charge in [-0.15, -0.1) is 0 Å². The monoisotopic (exact) mass is 232 g/mol. The van der Waals surface area contributed by atoms with Crippen LogP contribution in [0.4, 0.5) is 13.2 Å². The van der Waals surface area contributed by atoms with Gasteiger partial charge < -0.3 is 10.2 Å². The zero-order valence-corrected chi connectivity index (χ0v) is 7.81. The standard InChI is InChI=1S/C9H7F3N2O2/c10-9(11,12)7-2-1-5(4-14-7)8(16)6(15)3-13/h1-2,4,6,8,15-16H. The van der Waals surface area contributed by atoms with Crippen LogP contribution < -0.4 is 0 Å². The maximum atomic E-state index is 12.1. The van der Waals surface area contributed by atoms with Gasteiger partial charge in [0, 0.05) is 11.8 Å². The number of hydrogen-bond donors (Lipinski definition) is 2. The lowest BCUT2D eigenvalue weighted by molar-refractivity contribution is -0.141. The molecule has 0 spiro atoms. The van der Waals surface area contributed by atoms with Gasteiger partial charge in [-0.2, -0.15) is 18.4 Å². The molecule has 1 rings (SSSR count). The molecule has 0 aromatic carbocycles. The topological polar surface area (TPSA) is 77.1 Å². The molecule has 0 aliphatic carbocycles. The maximum absolute atomic E-state index is 12.1. The second-order valence-corrected chi connectivity index (χ2v) is 2.99. The molecule has 0 amide bonds. The third kappa shape index (κ3) is 2.68. The molecule has 0 aliphatic heterocycles. The van der Waals surface area contributed by atoms with Gasteiger partial charge in [-0.25, -0.2) is 0 Å². The van der Waals surface area contributed by atoms with Crippen molar-refractivity contribution in [3.8, 4) is 6.07 Å². The Bertz CT molecular complexity index is 397. The molecule has 86 valence electrons. The van der Waals surface area contributed by atoms with Crippen LogP contribution in [0, 0.1) is 11.3 Å². The van der Waals surface area contributed by atoms with Crippen LogP contribution >= 0.6 is 0 Å². The van der Waals surface area contributed by atoms with E-state index in [2.05, 4.69) is 4.98 Å². The van der Waals surface area contributed by atoms with Gasteiger partial charge in [0.05, 0.1) is 6.07 Å². The van der Waals surface area contributed by atoms with Crippen LogP contribution in [0.5, 0.6) is 0 Å². The largest absolute Gasteiger partial charge is 0.433 e. The number of nitrogens with zero attached hydrogens (tertiary/aromatic N) is 2. The Labute approximate surface area is 88.6 Å². The molecule has 1 aromatic rings. The van der Waals surface area contributed by atoms with Gasteiger partial charge in [0.1, 0.15) is 11.8 Å². The first kappa shape index (κ1) is 12.4. The number of alkyl halides is 3. The summed E-state index contributed by atoms with van der Waals surface area (Å²) in [5.74, 6) is 0. The molecule has 0 radical (unpaired) electrons. The van der Waals surface area contributed by atoms with E-state index in [1.165, 1.54) is 6.07 Å². The van der Waals surface area contributed by atoms with E-state index >= 15 is 0 Å². The number of pyridine rings is 1. The lowest BCUT2D eigenvalue weighted by Gasteiger charge is -2.12. The van der Waals surface area contributed by atoms with Gasteiger partial charge in [-0.05, 0) is 6.07 Å². The maximum Gasteiger partial charge on any atom is 0.433 e. The second-order valence-electron chi connectivity index (χ2n) is 2.99. The second kappa shape index (κ2) is 4.47. The summed E-state index contributed by atoms with van der Waals surface area (Å²) in [5.41, 5.74) is -1.16. The number of nitriles is 1. The molecule has 16 heavy (non-hydrogen) atoms. The highest BCUT2D eigenvalue weighted by Crippen LogP contribution is 2.28. The van der Waals surface area contributed by atoms with Gasteiger partial charge in [0.25, 0.3) is 0 Å². The van der Waals surface area contributed by atoms with Crippen molar-refractivity contribution in [1.29, 1.82) is 5.26 Å². The van der Waals surface area contributed by atoms with Crippen molar-refractivity contribution in [3.63, 3.8) is 0 Å². The Morgan fingerprint density at radius 3 is 2.31 bits per heavy atom. The number of hydrogen-bond acceptors (Lipinski definition) is 4. The SMILES string of the molecule is N#CC(O)C(O)c1ccc(C(F)(F)F)nc1. The van der Waals surface area contributed by atoms with Crippen LogP contribution in [0.2, 0.25) is 0 Å². The molecule has 0 saturated heterocycles. The zero-order valence-electron chi connectivity index (χ0n) is 7.81. The number of aromatic nitrogens is 1. The van der Waals surface area contributed by atoms with Crippen LogP contribution in [0.3, 0.4) is 0 Å². The van der Waals surface area contributed by atoms with Crippen molar-refractivity contribution in [2.75, 3.05) is 0 Å². The van der Waals surface area contributed by atoms with Crippen LogP contribution in [0.1, 0.15) is 17.4 Å². The molecule has 0 bridgehead atoms. The Morgan fingerprint density at radius 2 is 1.94 bits per heavy atom. The molecule has 2 unspecified atom stereocenters. The molecule has 4 nitrogen and oxygen atoms in total. The fourth-order valence-electron chi connectivity index (χ4n) is 1.00. The fourth-order valence-corrected chi connectivity index (χ4v) is 1.00. The molecular formula is C9H7F3N2O2. The molecule has 7 heteroatoms. The Balaban J connectivity index is 2.92. The van der Waals surface area contributed by atoms with Crippen molar-refractivity contribution < 1.29 is 23.4 Å². The van der Waals surface area contributed by atoms with Crippen molar-refractivity contribution >= 4 is 0 Å². The van der Waals surface area contributed by atoms with Crippen molar-refractivity contribution in [3.05, 3.63) is 29.6 Å². The van der Waals surface area contributed by atoms with Gasteiger partial charge in [0.2, 0.25) is 0 Å². The molecule has 1 heterocycles. The van der Waals surface area contributed by atoms with E-state index in [1.807, 2.05) is 0 Å². The Hall–Kier alpha value is -1.65. The Morgan fingerprint density at radius 1 is 1.31 bits per heavy atom. The van der Waals surface area contributed by atoms with Crippen LogP contribution in [0.15, 0.2) is 18.3 Å². The predicted octanol–water partition coefficient (Wildman–Crippen LogP) is 1.02. The minimum atomic E-state index is -4.56. The highest BCUT2D eigenvalue weighted by atomic mass is 19.4. The fraction of sp³-hybridized carbons (Fsp3) is 0.333. The quantitative estimate of drug-likeness (QED) is 0.746. The van der Waals surface area contributed by atoms with E-state index in [0.29, 0.717) is 6.07 Å². The summed E-state index contributed by atoms with van der Waals surface area (Å²) in [6.45, 7) is 0. The van der Waals surface area contributed by atoms with Crippen molar-refractivity contribution in [2.45, 2.75) is 18.4 Å². The lowest BCUT2D eigenvalue weighted by Crippen LogP contribution is -2.16. The average Bonchev–Trinajstić information content (AvgIpc) is 2.26. The number of aliphatic hydroxyl groups excluding tert-OH is 2. The third-order valence-corrected chi connectivity index (χ3v) is 1.85. The predicted molar refractivity (Wildman–Crippen MR) is 45.8 cm³/mol. The van der Waals surface area contributed by atoms with E-state index in [-0.39, 0.29) is 5.56 Å². The number of halogens is 3. The van der Waals surface area contributed by atoms with Gasteiger partial charge in [0.15, 0.2) is 6.10 Å². The summed E-state index contributed by atoms with van der Waals surface area (Å²) in [5, 5.41) is 26.5. The first-order valence-electron chi connectivity index (χ1n) is 4.15. The van der Waals surface area contributed by atoms with Crippen molar-refractivity contribution in [2.24, 2.45) is 0 Å². The normalized spacial score (nSPS) is 15.2. The van der Waals surface area contributed by atoms with Crippen LogP contribution in [0.25, 0.3) is 0 Å². The third-order valence-electron chi connectivity index (χ3n) is 1.85. The van der Waals surface area contributed by atoms with E-state index < -0.39 is 24.1 Å². The molecule has 2 atom stereocenters. The summed E-state index contributed by atoms with van der Waals surface area (Å²) in [6, 6.07) is 2.99. The highest BCUT2D eigenvalue weighted by Gasteiger charge is 2.32. The molecule has 0 fully saturated rings. The summed E-state index contributed by atoms with van der Waals surface area (Å²) in [7, 11) is 0. The van der Waals surface area contributed by atoms with E-state index in [1.54, 1.807) is 0 Å². The first-order valence-corrected chi connectivity index (χ1v) is 4.15. The minimum absolute atomic E-state index is 0.0537. The lowest BCUT2D eigenvalue weighted by atomic mass is 10.1. The average molecular weight is 232 g/mol. The summed E-state index contributed by atoms with van der Waals surface area (Å²) in [4.78, 5) is 3.08. The number of aliphatic hydroxyl groups is 2. The molecule has 2 N–H and O–H groups in total. The van der Waals surface area contributed by atoms with Crippen LogP contribution in [-0.4, -0.2) is 21.3 Å². The van der Waals surface area contributed by atoms with E-state index in [0.717, 1.165) is 12.3 Å². The molecule has 1 aromatic heterocycles. The van der Waals surface area contributed by atoms with Gasteiger partial charge in [-0.3, -0.25) is 4.98 Å². The minimum Gasteiger partial charge on any atom is -0.384 e. The summed E-state index contributed by atoms with van der Waals surface area (Å²) >= 11 is 0. The zero-order chi connectivity index (χ0) is 12.3. The molecular weight excluding hydrogens is 225 g/mol. The number of rotatable bonds is 2. The first-order chi connectivity index (χ1) is 7.36. The van der Waals surface area contributed by atoms with Gasteiger partial charge >= 0.3 is 6.18 Å².